The lowest BCUT2D eigenvalue weighted by Gasteiger charge is -2.26. The number of carbonyl (C=O) groups is 1. The van der Waals surface area contributed by atoms with Crippen LogP contribution in [0.4, 0.5) is 0 Å². The van der Waals surface area contributed by atoms with E-state index in [9.17, 15) is 4.79 Å². The summed E-state index contributed by atoms with van der Waals surface area (Å²) in [6.45, 7) is 3.68. The third-order valence-corrected chi connectivity index (χ3v) is 4.48. The Morgan fingerprint density at radius 1 is 1.19 bits per heavy atom. The van der Waals surface area contributed by atoms with E-state index in [1.807, 2.05) is 30.3 Å². The van der Waals surface area contributed by atoms with E-state index in [0.29, 0.717) is 16.5 Å². The number of para-hydroxylation sites is 1. The number of methoxy groups -OCH3 is 1. The van der Waals surface area contributed by atoms with Gasteiger partial charge in [-0.3, -0.25) is 4.79 Å². The van der Waals surface area contributed by atoms with Crippen molar-refractivity contribution >= 4 is 28.5 Å². The zero-order valence-corrected chi connectivity index (χ0v) is 16.2. The topological polar surface area (TPSA) is 60.7 Å². The van der Waals surface area contributed by atoms with Gasteiger partial charge in [-0.05, 0) is 50.2 Å². The third kappa shape index (κ3) is 4.62. The Labute approximate surface area is 163 Å². The lowest BCUT2D eigenvalue weighted by molar-refractivity contribution is -0.134. The van der Waals surface area contributed by atoms with E-state index in [2.05, 4.69) is 5.32 Å². The van der Waals surface area contributed by atoms with Crippen molar-refractivity contribution in [1.29, 1.82) is 0 Å². The predicted molar refractivity (Wildman–Crippen MR) is 105 cm³/mol. The Balaban J connectivity index is 1.64. The average Bonchev–Trinajstić information content (AvgIpc) is 3.07. The van der Waals surface area contributed by atoms with Crippen LogP contribution in [0.3, 0.4) is 0 Å². The van der Waals surface area contributed by atoms with Gasteiger partial charge in [-0.25, -0.2) is 0 Å². The molecule has 1 atom stereocenters. The number of halogens is 1. The number of ether oxygens (including phenoxy) is 2. The highest BCUT2D eigenvalue weighted by Gasteiger charge is 2.30. The second kappa shape index (κ2) is 8.03. The van der Waals surface area contributed by atoms with Crippen molar-refractivity contribution in [1.82, 2.24) is 5.32 Å². The zero-order chi connectivity index (χ0) is 19.4. The Hall–Kier alpha value is -2.50. The third-order valence-electron chi connectivity index (χ3n) is 4.23. The molecular weight excluding hydrogens is 366 g/mol. The molecule has 3 aromatic rings. The van der Waals surface area contributed by atoms with Crippen LogP contribution in [0.5, 0.6) is 5.75 Å². The molecule has 1 aromatic heterocycles. The summed E-state index contributed by atoms with van der Waals surface area (Å²) in [6, 6.07) is 16.5. The molecule has 1 heterocycles. The maximum Gasteiger partial charge on any atom is 0.263 e. The highest BCUT2D eigenvalue weighted by Crippen LogP contribution is 2.26. The molecule has 0 saturated carbocycles. The fourth-order valence-corrected chi connectivity index (χ4v) is 2.83. The summed E-state index contributed by atoms with van der Waals surface area (Å²) in [4.78, 5) is 12.6. The van der Waals surface area contributed by atoms with Crippen LogP contribution in [-0.2, 0) is 9.53 Å². The second-order valence-electron chi connectivity index (χ2n) is 6.69. The highest BCUT2D eigenvalue weighted by atomic mass is 35.5. The number of carbonyl (C=O) groups excluding carboxylic acids is 1. The first-order valence-corrected chi connectivity index (χ1v) is 9.01. The van der Waals surface area contributed by atoms with Gasteiger partial charge in [0.15, 0.2) is 5.60 Å². The van der Waals surface area contributed by atoms with Crippen LogP contribution in [0, 0.1) is 0 Å². The maximum atomic E-state index is 12.6. The Morgan fingerprint density at radius 2 is 1.89 bits per heavy atom. The molecule has 0 aliphatic carbocycles. The van der Waals surface area contributed by atoms with Crippen molar-refractivity contribution in [2.75, 3.05) is 13.7 Å². The number of fused-ring (bicyclic) bond motifs is 1. The summed E-state index contributed by atoms with van der Waals surface area (Å²) in [7, 11) is 1.58. The van der Waals surface area contributed by atoms with Gasteiger partial charge in [-0.2, -0.15) is 0 Å². The molecule has 5 nitrogen and oxygen atoms in total. The molecule has 142 valence electrons. The highest BCUT2D eigenvalue weighted by molar-refractivity contribution is 6.30. The minimum Gasteiger partial charge on any atom is -0.478 e. The first-order valence-electron chi connectivity index (χ1n) is 8.63. The van der Waals surface area contributed by atoms with Crippen molar-refractivity contribution in [3.05, 3.63) is 65.4 Å². The van der Waals surface area contributed by atoms with E-state index >= 15 is 0 Å². The molecule has 3 rings (SSSR count). The van der Waals surface area contributed by atoms with Crippen LogP contribution < -0.4 is 10.1 Å². The first-order chi connectivity index (χ1) is 12.9. The van der Waals surface area contributed by atoms with E-state index in [1.54, 1.807) is 45.2 Å². The first kappa shape index (κ1) is 19.3. The van der Waals surface area contributed by atoms with E-state index in [-0.39, 0.29) is 12.5 Å². The molecule has 27 heavy (non-hydrogen) atoms. The fraction of sp³-hybridized carbons (Fsp3) is 0.286. The molecule has 0 radical (unpaired) electrons. The van der Waals surface area contributed by atoms with Gasteiger partial charge in [-0.15, -0.1) is 0 Å². The lowest BCUT2D eigenvalue weighted by Crippen LogP contribution is -2.47. The van der Waals surface area contributed by atoms with Crippen LogP contribution in [-0.4, -0.2) is 25.2 Å². The van der Waals surface area contributed by atoms with E-state index in [4.69, 9.17) is 25.5 Å². The van der Waals surface area contributed by atoms with Crippen molar-refractivity contribution in [2.24, 2.45) is 0 Å². The summed E-state index contributed by atoms with van der Waals surface area (Å²) in [5, 5.41) is 4.48. The maximum absolute atomic E-state index is 12.6. The largest absolute Gasteiger partial charge is 0.478 e. The van der Waals surface area contributed by atoms with E-state index < -0.39 is 11.7 Å². The molecule has 0 aliphatic heterocycles. The summed E-state index contributed by atoms with van der Waals surface area (Å²) in [5.41, 5.74) is -0.271. The molecular formula is C21H22ClNO4. The van der Waals surface area contributed by atoms with Crippen molar-refractivity contribution < 1.29 is 18.7 Å². The van der Waals surface area contributed by atoms with Crippen molar-refractivity contribution in [3.8, 4) is 5.75 Å². The molecule has 0 fully saturated rings. The van der Waals surface area contributed by atoms with Crippen LogP contribution >= 0.6 is 11.6 Å². The number of furan rings is 1. The molecule has 0 aliphatic rings. The number of amides is 1. The second-order valence-corrected chi connectivity index (χ2v) is 7.12. The van der Waals surface area contributed by atoms with Gasteiger partial charge in [-0.1, -0.05) is 29.8 Å². The zero-order valence-electron chi connectivity index (χ0n) is 15.5. The molecule has 0 bridgehead atoms. The Bertz CT molecular complexity index is 884. The number of benzene rings is 2. The summed E-state index contributed by atoms with van der Waals surface area (Å²) in [5.74, 6) is 0.978. The number of nitrogens with one attached hydrogen (secondary N) is 1. The Morgan fingerprint density at radius 3 is 2.56 bits per heavy atom. The monoisotopic (exact) mass is 387 g/mol. The molecule has 1 unspecified atom stereocenters. The molecule has 1 amide bonds. The normalized spacial score (nSPS) is 12.7. The number of hydrogen-bond donors (Lipinski definition) is 1. The van der Waals surface area contributed by atoms with E-state index in [0.717, 1.165) is 11.0 Å². The SMILES string of the molecule is COC(CNC(=O)C(C)(C)Oc1ccc(Cl)cc1)c1cc2ccccc2o1. The predicted octanol–water partition coefficient (Wildman–Crippen LogP) is 4.75. The average molecular weight is 388 g/mol. The lowest BCUT2D eigenvalue weighted by atomic mass is 10.1. The van der Waals surface area contributed by atoms with Crippen LogP contribution in [0.15, 0.2) is 59.0 Å². The Kier molecular flexibility index (Phi) is 5.73. The molecule has 1 N–H and O–H groups in total. The van der Waals surface area contributed by atoms with Gasteiger partial charge in [0.2, 0.25) is 0 Å². The summed E-state index contributed by atoms with van der Waals surface area (Å²) in [6.07, 6.45) is -0.396. The van der Waals surface area contributed by atoms with Gasteiger partial charge in [0.05, 0.1) is 6.54 Å². The van der Waals surface area contributed by atoms with Crippen molar-refractivity contribution in [2.45, 2.75) is 25.6 Å². The van der Waals surface area contributed by atoms with Crippen molar-refractivity contribution in [3.63, 3.8) is 0 Å². The minimum absolute atomic E-state index is 0.254. The molecule has 6 heteroatoms. The van der Waals surface area contributed by atoms with Gasteiger partial charge in [0, 0.05) is 17.5 Å². The van der Waals surface area contributed by atoms with Crippen LogP contribution in [0.25, 0.3) is 11.0 Å². The molecule has 0 spiro atoms. The minimum atomic E-state index is -1.06. The smallest absolute Gasteiger partial charge is 0.263 e. The van der Waals surface area contributed by atoms with Gasteiger partial charge in [0.1, 0.15) is 23.2 Å². The number of hydrogen-bond acceptors (Lipinski definition) is 4. The standard InChI is InChI=1S/C21H22ClNO4/c1-21(2,27-16-10-8-15(22)9-11-16)20(24)23-13-19(25-3)18-12-14-6-4-5-7-17(14)26-18/h4-12,19H,13H2,1-3H3,(H,23,24). The summed E-state index contributed by atoms with van der Waals surface area (Å²) >= 11 is 5.88. The van der Waals surface area contributed by atoms with E-state index in [1.165, 1.54) is 0 Å². The van der Waals surface area contributed by atoms with Crippen LogP contribution in [0.1, 0.15) is 25.7 Å². The quantitative estimate of drug-likeness (QED) is 0.635. The molecule has 0 saturated heterocycles. The summed E-state index contributed by atoms with van der Waals surface area (Å²) < 4.78 is 17.1. The molecule has 2 aromatic carbocycles. The van der Waals surface area contributed by atoms with Gasteiger partial charge in [0.25, 0.3) is 5.91 Å². The van der Waals surface area contributed by atoms with Gasteiger partial charge < -0.3 is 19.2 Å². The fourth-order valence-electron chi connectivity index (χ4n) is 2.70. The van der Waals surface area contributed by atoms with Gasteiger partial charge >= 0.3 is 0 Å². The number of rotatable bonds is 7. The van der Waals surface area contributed by atoms with Crippen LogP contribution in [0.2, 0.25) is 5.02 Å².